The Labute approximate surface area is 84.0 Å². The highest BCUT2D eigenvalue weighted by molar-refractivity contribution is 5.76. The largest absolute Gasteiger partial charge is 0.466 e. The summed E-state index contributed by atoms with van der Waals surface area (Å²) in [7, 11) is 0. The Morgan fingerprint density at radius 1 is 1.36 bits per heavy atom. The van der Waals surface area contributed by atoms with E-state index in [1.54, 1.807) is 6.92 Å². The maximum atomic E-state index is 10.9. The molecule has 3 N–H and O–H groups in total. The summed E-state index contributed by atoms with van der Waals surface area (Å²) in [4.78, 5) is 21.8. The topological polar surface area (TPSA) is 81.4 Å². The normalized spacial score (nSPS) is 9.57. The molecule has 0 aliphatic heterocycles. The van der Waals surface area contributed by atoms with Gasteiger partial charge in [0.2, 0.25) is 5.91 Å². The fraction of sp³-hybridized carbons (Fsp3) is 0.778. The molecule has 0 saturated carbocycles. The molecule has 0 unspecified atom stereocenters. The standard InChI is InChI=1S/C9H18N2O3/c1-2-14-9(13)4-3-7-11-8(12)5-6-10/h2-7,10H2,1H3,(H,11,12). The average molecular weight is 202 g/mol. The van der Waals surface area contributed by atoms with E-state index in [0.29, 0.717) is 39.0 Å². The zero-order valence-electron chi connectivity index (χ0n) is 8.54. The van der Waals surface area contributed by atoms with Crippen molar-refractivity contribution in [3.63, 3.8) is 0 Å². The van der Waals surface area contributed by atoms with Crippen LogP contribution in [0, 0.1) is 0 Å². The summed E-state index contributed by atoms with van der Waals surface area (Å²) in [6, 6.07) is 0. The third kappa shape index (κ3) is 7.54. The highest BCUT2D eigenvalue weighted by Gasteiger charge is 2.02. The van der Waals surface area contributed by atoms with Crippen LogP contribution >= 0.6 is 0 Å². The van der Waals surface area contributed by atoms with E-state index in [0.717, 1.165) is 0 Å². The molecule has 0 radical (unpaired) electrons. The van der Waals surface area contributed by atoms with E-state index in [4.69, 9.17) is 10.5 Å². The smallest absolute Gasteiger partial charge is 0.305 e. The van der Waals surface area contributed by atoms with Crippen molar-refractivity contribution in [3.05, 3.63) is 0 Å². The molecule has 0 rings (SSSR count). The van der Waals surface area contributed by atoms with Gasteiger partial charge < -0.3 is 15.8 Å². The van der Waals surface area contributed by atoms with Gasteiger partial charge in [0.15, 0.2) is 0 Å². The second-order valence-electron chi connectivity index (χ2n) is 2.80. The van der Waals surface area contributed by atoms with Gasteiger partial charge in [-0.25, -0.2) is 0 Å². The van der Waals surface area contributed by atoms with Crippen LogP contribution in [0.1, 0.15) is 26.2 Å². The molecule has 0 bridgehead atoms. The predicted octanol–water partition coefficient (Wildman–Crippen LogP) is -0.205. The number of amides is 1. The van der Waals surface area contributed by atoms with Gasteiger partial charge in [-0.2, -0.15) is 0 Å². The van der Waals surface area contributed by atoms with Crippen LogP contribution in [0.4, 0.5) is 0 Å². The van der Waals surface area contributed by atoms with Gasteiger partial charge in [0.05, 0.1) is 6.61 Å². The Hall–Kier alpha value is -1.10. The van der Waals surface area contributed by atoms with Gasteiger partial charge in [-0.1, -0.05) is 0 Å². The molecule has 5 heteroatoms. The summed E-state index contributed by atoms with van der Waals surface area (Å²) in [5.74, 6) is -0.295. The van der Waals surface area contributed by atoms with Crippen LogP contribution in [0.2, 0.25) is 0 Å². The number of hydrogen-bond acceptors (Lipinski definition) is 4. The van der Waals surface area contributed by atoms with Crippen molar-refractivity contribution in [1.82, 2.24) is 5.32 Å². The number of rotatable bonds is 7. The van der Waals surface area contributed by atoms with Gasteiger partial charge in [0.1, 0.15) is 0 Å². The van der Waals surface area contributed by atoms with E-state index >= 15 is 0 Å². The van der Waals surface area contributed by atoms with Gasteiger partial charge in [0.25, 0.3) is 0 Å². The number of ether oxygens (including phenoxy) is 1. The van der Waals surface area contributed by atoms with E-state index in [1.807, 2.05) is 0 Å². The molecular weight excluding hydrogens is 184 g/mol. The minimum absolute atomic E-state index is 0.0728. The number of nitrogens with two attached hydrogens (primary N) is 1. The molecule has 0 aliphatic rings. The Balaban J connectivity index is 3.28. The monoisotopic (exact) mass is 202 g/mol. The lowest BCUT2D eigenvalue weighted by atomic mass is 10.3. The molecule has 0 aromatic rings. The third-order valence-corrected chi connectivity index (χ3v) is 1.56. The highest BCUT2D eigenvalue weighted by Crippen LogP contribution is 1.91. The second-order valence-corrected chi connectivity index (χ2v) is 2.80. The summed E-state index contributed by atoms with van der Waals surface area (Å²) < 4.78 is 4.72. The summed E-state index contributed by atoms with van der Waals surface area (Å²) >= 11 is 0. The van der Waals surface area contributed by atoms with Crippen molar-refractivity contribution in [1.29, 1.82) is 0 Å². The number of hydrogen-bond donors (Lipinski definition) is 2. The molecular formula is C9H18N2O3. The first-order valence-corrected chi connectivity index (χ1v) is 4.83. The molecule has 0 aromatic heterocycles. The highest BCUT2D eigenvalue weighted by atomic mass is 16.5. The minimum Gasteiger partial charge on any atom is -0.466 e. The lowest BCUT2D eigenvalue weighted by Gasteiger charge is -2.03. The van der Waals surface area contributed by atoms with E-state index in [-0.39, 0.29) is 11.9 Å². The van der Waals surface area contributed by atoms with Gasteiger partial charge in [-0.05, 0) is 13.3 Å². The second kappa shape index (κ2) is 8.50. The Morgan fingerprint density at radius 2 is 2.07 bits per heavy atom. The average Bonchev–Trinajstić information content (AvgIpc) is 2.13. The zero-order chi connectivity index (χ0) is 10.8. The summed E-state index contributed by atoms with van der Waals surface area (Å²) in [6.45, 7) is 3.01. The van der Waals surface area contributed by atoms with Crippen molar-refractivity contribution in [2.75, 3.05) is 19.7 Å². The maximum absolute atomic E-state index is 10.9. The molecule has 5 nitrogen and oxygen atoms in total. The molecule has 0 atom stereocenters. The molecule has 0 saturated heterocycles. The Bertz CT molecular complexity index is 163. The number of carbonyl (C=O) groups is 2. The molecule has 0 aromatic carbocycles. The van der Waals surface area contributed by atoms with E-state index < -0.39 is 0 Å². The molecule has 14 heavy (non-hydrogen) atoms. The zero-order valence-corrected chi connectivity index (χ0v) is 8.54. The van der Waals surface area contributed by atoms with Gasteiger partial charge in [-0.3, -0.25) is 9.59 Å². The first kappa shape index (κ1) is 12.9. The number of esters is 1. The molecule has 0 fully saturated rings. The van der Waals surface area contributed by atoms with Crippen LogP contribution in [-0.4, -0.2) is 31.6 Å². The Kier molecular flexibility index (Phi) is 7.83. The van der Waals surface area contributed by atoms with Crippen LogP contribution in [0.3, 0.4) is 0 Å². The third-order valence-electron chi connectivity index (χ3n) is 1.56. The van der Waals surface area contributed by atoms with E-state index in [9.17, 15) is 9.59 Å². The first-order valence-electron chi connectivity index (χ1n) is 4.83. The molecule has 0 spiro atoms. The van der Waals surface area contributed by atoms with Crippen molar-refractivity contribution < 1.29 is 14.3 Å². The number of carbonyl (C=O) groups excluding carboxylic acids is 2. The predicted molar refractivity (Wildman–Crippen MR) is 52.5 cm³/mol. The van der Waals surface area contributed by atoms with Crippen LogP contribution in [0.5, 0.6) is 0 Å². The lowest BCUT2D eigenvalue weighted by Crippen LogP contribution is -2.26. The van der Waals surface area contributed by atoms with Gasteiger partial charge in [0, 0.05) is 25.9 Å². The fourth-order valence-electron chi connectivity index (χ4n) is 0.913. The van der Waals surface area contributed by atoms with Crippen LogP contribution < -0.4 is 11.1 Å². The van der Waals surface area contributed by atoms with Crippen molar-refractivity contribution in [2.24, 2.45) is 5.73 Å². The van der Waals surface area contributed by atoms with Crippen LogP contribution in [-0.2, 0) is 14.3 Å². The SMILES string of the molecule is CCOC(=O)CCCNC(=O)CCN. The molecule has 1 amide bonds. The van der Waals surface area contributed by atoms with Gasteiger partial charge >= 0.3 is 5.97 Å². The fourth-order valence-corrected chi connectivity index (χ4v) is 0.913. The van der Waals surface area contributed by atoms with Crippen molar-refractivity contribution in [3.8, 4) is 0 Å². The maximum Gasteiger partial charge on any atom is 0.305 e. The minimum atomic E-state index is -0.222. The van der Waals surface area contributed by atoms with Crippen LogP contribution in [0.25, 0.3) is 0 Å². The van der Waals surface area contributed by atoms with Gasteiger partial charge in [-0.15, -0.1) is 0 Å². The lowest BCUT2D eigenvalue weighted by molar-refractivity contribution is -0.143. The van der Waals surface area contributed by atoms with Crippen molar-refractivity contribution >= 4 is 11.9 Å². The molecule has 0 heterocycles. The molecule has 82 valence electrons. The van der Waals surface area contributed by atoms with E-state index in [1.165, 1.54) is 0 Å². The van der Waals surface area contributed by atoms with Crippen molar-refractivity contribution in [2.45, 2.75) is 26.2 Å². The summed E-state index contributed by atoms with van der Waals surface area (Å²) in [6.07, 6.45) is 1.28. The summed E-state index contributed by atoms with van der Waals surface area (Å²) in [5.41, 5.74) is 5.19. The Morgan fingerprint density at radius 3 is 2.64 bits per heavy atom. The molecule has 0 aliphatic carbocycles. The first-order chi connectivity index (χ1) is 6.70. The quantitative estimate of drug-likeness (QED) is 0.442. The summed E-state index contributed by atoms with van der Waals surface area (Å²) in [5, 5.41) is 2.65. The van der Waals surface area contributed by atoms with E-state index in [2.05, 4.69) is 5.32 Å². The number of nitrogens with one attached hydrogen (secondary N) is 1. The van der Waals surface area contributed by atoms with Crippen LogP contribution in [0.15, 0.2) is 0 Å².